The normalized spacial score (nSPS) is 10.1. The predicted molar refractivity (Wildman–Crippen MR) is 73.0 cm³/mol. The van der Waals surface area contributed by atoms with E-state index < -0.39 is 10.8 Å². The van der Waals surface area contributed by atoms with Gasteiger partial charge >= 0.3 is 0 Å². The predicted octanol–water partition coefficient (Wildman–Crippen LogP) is 2.17. The summed E-state index contributed by atoms with van der Waals surface area (Å²) >= 11 is 1.52. The zero-order valence-electron chi connectivity index (χ0n) is 9.83. The van der Waals surface area contributed by atoms with Crippen LogP contribution in [-0.4, -0.2) is 10.8 Å². The van der Waals surface area contributed by atoms with Crippen molar-refractivity contribution in [3.8, 4) is 0 Å². The monoisotopic (exact) mass is 277 g/mol. The van der Waals surface area contributed by atoms with E-state index in [-0.39, 0.29) is 16.9 Å². The molecule has 98 valence electrons. The van der Waals surface area contributed by atoms with Gasteiger partial charge in [-0.1, -0.05) is 6.07 Å². The van der Waals surface area contributed by atoms with Crippen LogP contribution < -0.4 is 11.1 Å². The molecule has 2 rings (SSSR count). The molecule has 7 heteroatoms. The number of thiophene rings is 1. The Hall–Kier alpha value is -2.41. The first-order chi connectivity index (χ1) is 9.08. The molecule has 0 radical (unpaired) electrons. The van der Waals surface area contributed by atoms with E-state index in [0.29, 0.717) is 6.54 Å². The van der Waals surface area contributed by atoms with Crippen LogP contribution in [0.4, 0.5) is 11.4 Å². The van der Waals surface area contributed by atoms with E-state index in [9.17, 15) is 14.9 Å². The summed E-state index contributed by atoms with van der Waals surface area (Å²) in [5.74, 6) is -0.422. The van der Waals surface area contributed by atoms with Crippen molar-refractivity contribution in [2.75, 3.05) is 5.73 Å². The first kappa shape index (κ1) is 13.0. The smallest absolute Gasteiger partial charge is 0.270 e. The second kappa shape index (κ2) is 5.49. The Bertz CT molecular complexity index is 611. The van der Waals surface area contributed by atoms with Gasteiger partial charge in [-0.05, 0) is 17.5 Å². The molecule has 0 aliphatic rings. The van der Waals surface area contributed by atoms with Gasteiger partial charge in [0.05, 0.1) is 17.0 Å². The molecule has 3 N–H and O–H groups in total. The quantitative estimate of drug-likeness (QED) is 0.508. The number of carbonyl (C=O) groups excluding carboxylic acids is 1. The molecular weight excluding hydrogens is 266 g/mol. The molecule has 19 heavy (non-hydrogen) atoms. The van der Waals surface area contributed by atoms with Gasteiger partial charge in [0.15, 0.2) is 0 Å². The first-order valence-electron chi connectivity index (χ1n) is 5.42. The molecule has 0 bridgehead atoms. The number of nitrogen functional groups attached to an aromatic ring is 1. The van der Waals surface area contributed by atoms with Crippen molar-refractivity contribution in [1.82, 2.24) is 5.32 Å². The molecular formula is C12H11N3O3S. The van der Waals surface area contributed by atoms with Gasteiger partial charge < -0.3 is 11.1 Å². The Kier molecular flexibility index (Phi) is 3.76. The maximum atomic E-state index is 11.9. The van der Waals surface area contributed by atoms with Gasteiger partial charge in [-0.15, -0.1) is 11.3 Å². The molecule has 2 aromatic rings. The fourth-order valence-corrected chi connectivity index (χ4v) is 2.17. The summed E-state index contributed by atoms with van der Waals surface area (Å²) in [6, 6.07) is 7.58. The van der Waals surface area contributed by atoms with Crippen LogP contribution in [0.3, 0.4) is 0 Å². The molecule has 0 atom stereocenters. The Morgan fingerprint density at radius 1 is 1.42 bits per heavy atom. The lowest BCUT2D eigenvalue weighted by molar-refractivity contribution is -0.384. The van der Waals surface area contributed by atoms with Crippen LogP contribution in [0.15, 0.2) is 35.7 Å². The largest absolute Gasteiger partial charge is 0.398 e. The van der Waals surface area contributed by atoms with Crippen molar-refractivity contribution in [3.63, 3.8) is 0 Å². The third-order valence-electron chi connectivity index (χ3n) is 2.50. The molecule has 0 fully saturated rings. The lowest BCUT2D eigenvalue weighted by Gasteiger charge is -2.06. The van der Waals surface area contributed by atoms with E-state index in [4.69, 9.17) is 5.73 Å². The first-order valence-corrected chi connectivity index (χ1v) is 6.30. The number of hydrogen-bond acceptors (Lipinski definition) is 5. The average Bonchev–Trinajstić information content (AvgIpc) is 2.89. The zero-order valence-corrected chi connectivity index (χ0v) is 10.6. The summed E-state index contributed by atoms with van der Waals surface area (Å²) in [6.07, 6.45) is 0. The summed E-state index contributed by atoms with van der Waals surface area (Å²) in [5.41, 5.74) is 5.84. The van der Waals surface area contributed by atoms with E-state index in [1.807, 2.05) is 17.5 Å². The number of nitro groups is 1. The molecule has 1 aromatic heterocycles. The van der Waals surface area contributed by atoms with Crippen LogP contribution in [0.25, 0.3) is 0 Å². The van der Waals surface area contributed by atoms with Crippen LogP contribution in [0.5, 0.6) is 0 Å². The number of benzene rings is 1. The number of anilines is 1. The number of amides is 1. The maximum Gasteiger partial charge on any atom is 0.270 e. The number of nitrogens with zero attached hydrogens (tertiary/aromatic N) is 1. The molecule has 1 amide bonds. The van der Waals surface area contributed by atoms with E-state index in [2.05, 4.69) is 5.32 Å². The maximum absolute atomic E-state index is 11.9. The van der Waals surface area contributed by atoms with Crippen LogP contribution in [0.1, 0.15) is 15.2 Å². The van der Waals surface area contributed by atoms with Crippen LogP contribution >= 0.6 is 11.3 Å². The highest BCUT2D eigenvalue weighted by Gasteiger charge is 2.15. The molecule has 0 spiro atoms. The van der Waals surface area contributed by atoms with Crippen molar-refractivity contribution < 1.29 is 9.72 Å². The molecule has 0 aliphatic heterocycles. The highest BCUT2D eigenvalue weighted by atomic mass is 32.1. The van der Waals surface area contributed by atoms with E-state index in [1.54, 1.807) is 0 Å². The summed E-state index contributed by atoms with van der Waals surface area (Å²) < 4.78 is 0. The highest BCUT2D eigenvalue weighted by Crippen LogP contribution is 2.19. The molecule has 0 saturated carbocycles. The average molecular weight is 277 g/mol. The van der Waals surface area contributed by atoms with Gasteiger partial charge in [-0.25, -0.2) is 0 Å². The summed E-state index contributed by atoms with van der Waals surface area (Å²) in [5, 5.41) is 15.2. The second-order valence-corrected chi connectivity index (χ2v) is 4.82. The van der Waals surface area contributed by atoms with Gasteiger partial charge in [0, 0.05) is 22.7 Å². The van der Waals surface area contributed by atoms with Crippen LogP contribution in [0.2, 0.25) is 0 Å². The minimum atomic E-state index is -0.560. The number of nitrogens with two attached hydrogens (primary N) is 1. The topological polar surface area (TPSA) is 98.3 Å². The van der Waals surface area contributed by atoms with Gasteiger partial charge in [0.1, 0.15) is 0 Å². The summed E-state index contributed by atoms with van der Waals surface area (Å²) in [6.45, 7) is 0.374. The van der Waals surface area contributed by atoms with Crippen LogP contribution in [0, 0.1) is 10.1 Å². The lowest BCUT2D eigenvalue weighted by atomic mass is 10.1. The van der Waals surface area contributed by atoms with Crippen molar-refractivity contribution in [1.29, 1.82) is 0 Å². The van der Waals surface area contributed by atoms with E-state index in [0.717, 1.165) is 4.88 Å². The molecule has 0 aliphatic carbocycles. The summed E-state index contributed by atoms with van der Waals surface area (Å²) in [7, 11) is 0. The number of carbonyl (C=O) groups is 1. The number of nitrogens with one attached hydrogen (secondary N) is 1. The number of rotatable bonds is 4. The van der Waals surface area contributed by atoms with Gasteiger partial charge in [-0.2, -0.15) is 0 Å². The van der Waals surface area contributed by atoms with Crippen molar-refractivity contribution in [2.45, 2.75) is 6.54 Å². The second-order valence-electron chi connectivity index (χ2n) is 3.79. The van der Waals surface area contributed by atoms with Gasteiger partial charge in [-0.3, -0.25) is 14.9 Å². The standard InChI is InChI=1S/C12H11N3O3S/c13-11-4-3-8(15(17)18)6-10(11)12(16)14-7-9-2-1-5-19-9/h1-6H,7,13H2,(H,14,16). The number of nitro benzene ring substituents is 1. The third-order valence-corrected chi connectivity index (χ3v) is 3.37. The Morgan fingerprint density at radius 2 is 2.21 bits per heavy atom. The minimum Gasteiger partial charge on any atom is -0.398 e. The molecule has 6 nitrogen and oxygen atoms in total. The molecule has 0 saturated heterocycles. The van der Waals surface area contributed by atoms with Gasteiger partial charge in [0.25, 0.3) is 11.6 Å². The third kappa shape index (κ3) is 3.08. The van der Waals surface area contributed by atoms with Crippen molar-refractivity contribution in [2.24, 2.45) is 0 Å². The van der Waals surface area contributed by atoms with Gasteiger partial charge in [0.2, 0.25) is 0 Å². The molecule has 1 heterocycles. The van der Waals surface area contributed by atoms with Crippen molar-refractivity contribution >= 4 is 28.6 Å². The molecule has 0 unspecified atom stereocenters. The Balaban J connectivity index is 2.14. The SMILES string of the molecule is Nc1ccc([N+](=O)[O-])cc1C(=O)NCc1cccs1. The fourth-order valence-electron chi connectivity index (χ4n) is 1.53. The minimum absolute atomic E-state index is 0.116. The van der Waals surface area contributed by atoms with E-state index in [1.165, 1.54) is 29.5 Å². The zero-order chi connectivity index (χ0) is 13.8. The lowest BCUT2D eigenvalue weighted by Crippen LogP contribution is -2.23. The van der Waals surface area contributed by atoms with Crippen LogP contribution in [-0.2, 0) is 6.54 Å². The highest BCUT2D eigenvalue weighted by molar-refractivity contribution is 7.09. The summed E-state index contributed by atoms with van der Waals surface area (Å²) in [4.78, 5) is 23.0. The number of hydrogen-bond donors (Lipinski definition) is 2. The number of non-ortho nitro benzene ring substituents is 1. The Morgan fingerprint density at radius 3 is 2.84 bits per heavy atom. The fraction of sp³-hybridized carbons (Fsp3) is 0.0833. The molecule has 1 aromatic carbocycles. The van der Waals surface area contributed by atoms with Crippen molar-refractivity contribution in [3.05, 3.63) is 56.3 Å². The van der Waals surface area contributed by atoms with E-state index >= 15 is 0 Å². The Labute approximate surface area is 113 Å².